The van der Waals surface area contributed by atoms with Gasteiger partial charge in [-0.05, 0) is 30.0 Å². The summed E-state index contributed by atoms with van der Waals surface area (Å²) < 4.78 is 10.0. The Kier molecular flexibility index (Phi) is 2.62. The second kappa shape index (κ2) is 3.93. The van der Waals surface area contributed by atoms with E-state index in [1.165, 1.54) is 12.7 Å². The minimum absolute atomic E-state index is 0.0405. The lowest BCUT2D eigenvalue weighted by molar-refractivity contribution is -0.145. The molecule has 0 saturated carbocycles. The number of rotatable bonds is 2. The molecule has 3 heteroatoms. The van der Waals surface area contributed by atoms with Crippen molar-refractivity contribution in [1.29, 1.82) is 0 Å². The number of benzene rings is 1. The average Bonchev–Trinajstić information content (AvgIpc) is 2.71. The lowest BCUT2D eigenvalue weighted by Crippen LogP contribution is -2.15. The first-order chi connectivity index (χ1) is 7.26. The smallest absolute Gasteiger partial charge is 0.309 e. The Morgan fingerprint density at radius 1 is 1.33 bits per heavy atom. The molecule has 0 bridgehead atoms. The summed E-state index contributed by atoms with van der Waals surface area (Å²) in [5.41, 5.74) is 2.35. The summed E-state index contributed by atoms with van der Waals surface area (Å²) in [4.78, 5) is 11.4. The number of ether oxygens (including phenoxy) is 2. The summed E-state index contributed by atoms with van der Waals surface area (Å²) in [7, 11) is 3.09. The van der Waals surface area contributed by atoms with Gasteiger partial charge in [0.1, 0.15) is 5.75 Å². The quantitative estimate of drug-likeness (QED) is 0.689. The van der Waals surface area contributed by atoms with Crippen LogP contribution in [0.1, 0.15) is 11.1 Å². The molecule has 0 radical (unpaired) electrons. The summed E-state index contributed by atoms with van der Waals surface area (Å²) in [6.45, 7) is 0. The van der Waals surface area contributed by atoms with Gasteiger partial charge in [-0.15, -0.1) is 0 Å². The highest BCUT2D eigenvalue weighted by atomic mass is 16.5. The Hall–Kier alpha value is -1.51. The Balaban J connectivity index is 2.26. The van der Waals surface area contributed by atoms with Gasteiger partial charge in [-0.1, -0.05) is 12.1 Å². The molecule has 3 nitrogen and oxygen atoms in total. The number of carbonyl (C=O) groups excluding carboxylic acids is 1. The summed E-state index contributed by atoms with van der Waals surface area (Å²) in [5, 5.41) is 0. The molecule has 0 N–H and O–H groups in total. The highest BCUT2D eigenvalue weighted by Crippen LogP contribution is 2.33. The standard InChI is InChI=1S/C12H14O3/c1-14-11-5-3-4-8-6-9(7-10(8)11)12(13)15-2/h3-5,9H,6-7H2,1-2H3. The van der Waals surface area contributed by atoms with E-state index < -0.39 is 0 Å². The van der Waals surface area contributed by atoms with Gasteiger partial charge >= 0.3 is 5.97 Å². The third kappa shape index (κ3) is 1.69. The highest BCUT2D eigenvalue weighted by molar-refractivity contribution is 5.74. The minimum Gasteiger partial charge on any atom is -0.496 e. The lowest BCUT2D eigenvalue weighted by Gasteiger charge is -2.06. The van der Waals surface area contributed by atoms with E-state index in [0.29, 0.717) is 0 Å². The third-order valence-corrected chi connectivity index (χ3v) is 2.90. The van der Waals surface area contributed by atoms with Crippen LogP contribution < -0.4 is 4.74 Å². The predicted molar refractivity (Wildman–Crippen MR) is 55.9 cm³/mol. The molecule has 1 aliphatic rings. The summed E-state index contributed by atoms with van der Waals surface area (Å²) in [5.74, 6) is 0.702. The van der Waals surface area contributed by atoms with E-state index >= 15 is 0 Å². The fourth-order valence-corrected chi connectivity index (χ4v) is 2.14. The highest BCUT2D eigenvalue weighted by Gasteiger charge is 2.29. The number of carbonyl (C=O) groups is 1. The maximum atomic E-state index is 11.4. The van der Waals surface area contributed by atoms with Crippen LogP contribution in [0.25, 0.3) is 0 Å². The Morgan fingerprint density at radius 2 is 2.13 bits per heavy atom. The molecule has 1 aromatic carbocycles. The van der Waals surface area contributed by atoms with Crippen LogP contribution in [0, 0.1) is 5.92 Å². The van der Waals surface area contributed by atoms with Crippen molar-refractivity contribution < 1.29 is 14.3 Å². The zero-order valence-electron chi connectivity index (χ0n) is 8.95. The predicted octanol–water partition coefficient (Wildman–Crippen LogP) is 1.58. The molecule has 0 spiro atoms. The van der Waals surface area contributed by atoms with E-state index in [1.54, 1.807) is 7.11 Å². The van der Waals surface area contributed by atoms with Gasteiger partial charge in [0.2, 0.25) is 0 Å². The molecule has 0 aromatic heterocycles. The first kappa shape index (κ1) is 10.0. The molecular formula is C12H14O3. The van der Waals surface area contributed by atoms with Crippen LogP contribution in [0.5, 0.6) is 5.75 Å². The molecule has 0 heterocycles. The molecule has 1 unspecified atom stereocenters. The first-order valence-corrected chi connectivity index (χ1v) is 4.99. The number of hydrogen-bond acceptors (Lipinski definition) is 3. The van der Waals surface area contributed by atoms with E-state index in [0.717, 1.165) is 24.2 Å². The van der Waals surface area contributed by atoms with Crippen LogP contribution >= 0.6 is 0 Å². The zero-order chi connectivity index (χ0) is 10.8. The van der Waals surface area contributed by atoms with Crippen LogP contribution in [0.3, 0.4) is 0 Å². The molecule has 80 valence electrons. The van der Waals surface area contributed by atoms with Crippen molar-refractivity contribution in [3.63, 3.8) is 0 Å². The zero-order valence-corrected chi connectivity index (χ0v) is 8.95. The van der Waals surface area contributed by atoms with Crippen molar-refractivity contribution in [2.45, 2.75) is 12.8 Å². The van der Waals surface area contributed by atoms with Crippen molar-refractivity contribution in [2.75, 3.05) is 14.2 Å². The van der Waals surface area contributed by atoms with E-state index in [4.69, 9.17) is 9.47 Å². The largest absolute Gasteiger partial charge is 0.496 e. The molecule has 0 aliphatic heterocycles. The Labute approximate surface area is 89.0 Å². The second-order valence-corrected chi connectivity index (χ2v) is 3.73. The van der Waals surface area contributed by atoms with Crippen LogP contribution in [0.2, 0.25) is 0 Å². The lowest BCUT2D eigenvalue weighted by atomic mass is 10.1. The van der Waals surface area contributed by atoms with E-state index in [1.807, 2.05) is 18.2 Å². The van der Waals surface area contributed by atoms with Crippen molar-refractivity contribution >= 4 is 5.97 Å². The van der Waals surface area contributed by atoms with Crippen LogP contribution in [-0.2, 0) is 22.4 Å². The summed E-state index contributed by atoms with van der Waals surface area (Å²) >= 11 is 0. The van der Waals surface area contributed by atoms with E-state index in [2.05, 4.69) is 0 Å². The maximum absolute atomic E-state index is 11.4. The van der Waals surface area contributed by atoms with Gasteiger partial charge in [0.25, 0.3) is 0 Å². The molecule has 0 saturated heterocycles. The fraction of sp³-hybridized carbons (Fsp3) is 0.417. The molecular weight excluding hydrogens is 192 g/mol. The number of esters is 1. The topological polar surface area (TPSA) is 35.5 Å². The fourth-order valence-electron chi connectivity index (χ4n) is 2.14. The van der Waals surface area contributed by atoms with Gasteiger partial charge in [0.15, 0.2) is 0 Å². The molecule has 1 aromatic rings. The van der Waals surface area contributed by atoms with Gasteiger partial charge in [-0.25, -0.2) is 0 Å². The van der Waals surface area contributed by atoms with Crippen LogP contribution in [-0.4, -0.2) is 20.2 Å². The van der Waals surface area contributed by atoms with Gasteiger partial charge in [-0.2, -0.15) is 0 Å². The second-order valence-electron chi connectivity index (χ2n) is 3.73. The Morgan fingerprint density at radius 3 is 2.80 bits per heavy atom. The summed E-state index contributed by atoms with van der Waals surface area (Å²) in [6.07, 6.45) is 1.49. The monoisotopic (exact) mass is 206 g/mol. The van der Waals surface area contributed by atoms with Crippen molar-refractivity contribution in [1.82, 2.24) is 0 Å². The molecule has 1 atom stereocenters. The molecule has 2 rings (SSSR count). The normalized spacial score (nSPS) is 18.4. The Bertz CT molecular complexity index is 384. The number of methoxy groups -OCH3 is 2. The van der Waals surface area contributed by atoms with Crippen LogP contribution in [0.4, 0.5) is 0 Å². The van der Waals surface area contributed by atoms with Gasteiger partial charge in [0, 0.05) is 0 Å². The maximum Gasteiger partial charge on any atom is 0.309 e. The average molecular weight is 206 g/mol. The van der Waals surface area contributed by atoms with E-state index in [9.17, 15) is 4.79 Å². The minimum atomic E-state index is -0.131. The van der Waals surface area contributed by atoms with Gasteiger partial charge in [0.05, 0.1) is 20.1 Å². The third-order valence-electron chi connectivity index (χ3n) is 2.90. The van der Waals surface area contributed by atoms with Gasteiger partial charge in [-0.3, -0.25) is 4.79 Å². The molecule has 0 fully saturated rings. The molecule has 15 heavy (non-hydrogen) atoms. The van der Waals surface area contributed by atoms with Gasteiger partial charge < -0.3 is 9.47 Å². The van der Waals surface area contributed by atoms with E-state index in [-0.39, 0.29) is 11.9 Å². The summed E-state index contributed by atoms with van der Waals surface area (Å²) in [6, 6.07) is 5.93. The number of fused-ring (bicyclic) bond motifs is 1. The van der Waals surface area contributed by atoms with Crippen molar-refractivity contribution in [3.05, 3.63) is 29.3 Å². The molecule has 0 amide bonds. The van der Waals surface area contributed by atoms with Crippen LogP contribution in [0.15, 0.2) is 18.2 Å². The molecule has 1 aliphatic carbocycles. The van der Waals surface area contributed by atoms with Crippen molar-refractivity contribution in [3.8, 4) is 5.75 Å². The van der Waals surface area contributed by atoms with Crippen molar-refractivity contribution in [2.24, 2.45) is 5.92 Å². The first-order valence-electron chi connectivity index (χ1n) is 4.99. The number of hydrogen-bond donors (Lipinski definition) is 0. The SMILES string of the molecule is COC(=O)C1Cc2cccc(OC)c2C1.